The molecule has 0 radical (unpaired) electrons. The molecule has 0 saturated carbocycles. The van der Waals surface area contributed by atoms with Gasteiger partial charge in [0.15, 0.2) is 0 Å². The highest BCUT2D eigenvalue weighted by atomic mass is 32.2. The minimum atomic E-state index is -4.73. The zero-order valence-electron chi connectivity index (χ0n) is 17.9. The van der Waals surface area contributed by atoms with Crippen molar-refractivity contribution in [2.24, 2.45) is 0 Å². The van der Waals surface area contributed by atoms with Gasteiger partial charge in [0.05, 0.1) is 6.10 Å². The van der Waals surface area contributed by atoms with E-state index in [9.17, 15) is 22.0 Å². The van der Waals surface area contributed by atoms with Gasteiger partial charge in [-0.25, -0.2) is 8.78 Å². The molecule has 1 aliphatic heterocycles. The Kier molecular flexibility index (Phi) is 7.75. The van der Waals surface area contributed by atoms with E-state index in [1.54, 1.807) is 36.4 Å². The highest BCUT2D eigenvalue weighted by Gasteiger charge is 2.32. The van der Waals surface area contributed by atoms with Crippen LogP contribution in [0.1, 0.15) is 29.9 Å². The monoisotopic (exact) mass is 495 g/mol. The summed E-state index contributed by atoms with van der Waals surface area (Å²) in [6.07, 6.45) is -3.57. The Bertz CT molecular complexity index is 1010. The van der Waals surface area contributed by atoms with Gasteiger partial charge < -0.3 is 9.47 Å². The summed E-state index contributed by atoms with van der Waals surface area (Å²) >= 11 is 1.32. The van der Waals surface area contributed by atoms with Crippen LogP contribution in [-0.4, -0.2) is 25.1 Å². The van der Waals surface area contributed by atoms with Gasteiger partial charge in [-0.3, -0.25) is 4.72 Å². The fourth-order valence-electron chi connectivity index (χ4n) is 3.99. The third-order valence-corrected chi connectivity index (χ3v) is 6.50. The largest absolute Gasteiger partial charge is 0.573 e. The second-order valence-electron chi connectivity index (χ2n) is 7.95. The molecular weight excluding hydrogens is 473 g/mol. The van der Waals surface area contributed by atoms with Crippen molar-refractivity contribution in [3.05, 3.63) is 95.6 Å². The van der Waals surface area contributed by atoms with Gasteiger partial charge in [-0.1, -0.05) is 24.3 Å². The normalized spacial score (nSPS) is 18.8. The van der Waals surface area contributed by atoms with Crippen LogP contribution in [-0.2, 0) is 4.74 Å². The van der Waals surface area contributed by atoms with Crippen molar-refractivity contribution in [3.63, 3.8) is 0 Å². The summed E-state index contributed by atoms with van der Waals surface area (Å²) < 4.78 is 77.4. The molecule has 0 aliphatic carbocycles. The third kappa shape index (κ3) is 6.71. The van der Waals surface area contributed by atoms with Crippen molar-refractivity contribution in [2.45, 2.75) is 42.2 Å². The molecule has 2 unspecified atom stereocenters. The standard InChI is InChI=1S/C25H22F5NO2S/c26-18-5-1-16(2-6-18)24(17-3-7-19(27)8-4-17)23-15-20(13-14-32-23)31-34-22-11-9-21(10-12-22)33-25(28,29)30/h1-12,20,23-24,31H,13-15H2. The van der Waals surface area contributed by atoms with Gasteiger partial charge in [-0.15, -0.1) is 13.2 Å². The molecule has 1 fully saturated rings. The Morgan fingerprint density at radius 3 is 1.94 bits per heavy atom. The highest BCUT2D eigenvalue weighted by molar-refractivity contribution is 7.97. The first-order valence-corrected chi connectivity index (χ1v) is 11.5. The number of halogens is 5. The summed E-state index contributed by atoms with van der Waals surface area (Å²) in [7, 11) is 0. The summed E-state index contributed by atoms with van der Waals surface area (Å²) in [5.41, 5.74) is 1.73. The lowest BCUT2D eigenvalue weighted by Gasteiger charge is -2.35. The first kappa shape index (κ1) is 24.5. The second kappa shape index (κ2) is 10.8. The fraction of sp³-hybridized carbons (Fsp3) is 0.280. The fourth-order valence-corrected chi connectivity index (χ4v) is 4.78. The van der Waals surface area contributed by atoms with E-state index < -0.39 is 6.36 Å². The van der Waals surface area contributed by atoms with Crippen LogP contribution in [0.25, 0.3) is 0 Å². The molecule has 1 saturated heterocycles. The first-order chi connectivity index (χ1) is 16.3. The molecule has 1 aliphatic rings. The lowest BCUT2D eigenvalue weighted by Crippen LogP contribution is -2.39. The van der Waals surface area contributed by atoms with E-state index in [4.69, 9.17) is 4.74 Å². The summed E-state index contributed by atoms with van der Waals surface area (Å²) in [5, 5.41) is 0. The van der Waals surface area contributed by atoms with Crippen molar-refractivity contribution in [1.82, 2.24) is 4.72 Å². The van der Waals surface area contributed by atoms with Crippen molar-refractivity contribution in [1.29, 1.82) is 0 Å². The number of rotatable bonds is 7. The first-order valence-electron chi connectivity index (χ1n) is 10.7. The predicted molar refractivity (Wildman–Crippen MR) is 120 cm³/mol. The molecule has 3 aromatic carbocycles. The van der Waals surface area contributed by atoms with E-state index in [1.165, 1.54) is 48.3 Å². The molecule has 3 nitrogen and oxygen atoms in total. The highest BCUT2D eigenvalue weighted by Crippen LogP contribution is 2.35. The van der Waals surface area contributed by atoms with Crippen LogP contribution in [0.3, 0.4) is 0 Å². The topological polar surface area (TPSA) is 30.5 Å². The van der Waals surface area contributed by atoms with Crippen LogP contribution in [0.5, 0.6) is 5.75 Å². The lowest BCUT2D eigenvalue weighted by atomic mass is 9.82. The van der Waals surface area contributed by atoms with E-state index in [1.807, 2.05) is 0 Å². The molecule has 1 N–H and O–H groups in total. The Hall–Kier alpha value is -2.62. The SMILES string of the molecule is Fc1ccc(C(c2ccc(F)cc2)C2CC(NSc3ccc(OC(F)(F)F)cc3)CCO2)cc1. The molecule has 0 spiro atoms. The van der Waals surface area contributed by atoms with Gasteiger partial charge in [0, 0.05) is 23.5 Å². The average molecular weight is 496 g/mol. The zero-order chi connectivity index (χ0) is 24.1. The number of hydrogen-bond acceptors (Lipinski definition) is 4. The van der Waals surface area contributed by atoms with E-state index >= 15 is 0 Å². The maximum absolute atomic E-state index is 13.5. The van der Waals surface area contributed by atoms with Crippen LogP contribution in [0.15, 0.2) is 77.7 Å². The number of hydrogen-bond donors (Lipinski definition) is 1. The number of ether oxygens (including phenoxy) is 2. The third-order valence-electron chi connectivity index (χ3n) is 5.55. The molecule has 0 bridgehead atoms. The van der Waals surface area contributed by atoms with Gasteiger partial charge in [-0.2, -0.15) is 0 Å². The Balaban J connectivity index is 1.44. The molecule has 180 valence electrons. The van der Waals surface area contributed by atoms with Crippen LogP contribution >= 0.6 is 11.9 Å². The van der Waals surface area contributed by atoms with E-state index in [-0.39, 0.29) is 35.4 Å². The predicted octanol–water partition coefficient (Wildman–Crippen LogP) is 6.84. The number of alkyl halides is 3. The van der Waals surface area contributed by atoms with Crippen molar-refractivity contribution >= 4 is 11.9 Å². The molecule has 9 heteroatoms. The maximum atomic E-state index is 13.5. The van der Waals surface area contributed by atoms with E-state index in [2.05, 4.69) is 9.46 Å². The Morgan fingerprint density at radius 2 is 1.41 bits per heavy atom. The lowest BCUT2D eigenvalue weighted by molar-refractivity contribution is -0.274. The van der Waals surface area contributed by atoms with E-state index in [0.717, 1.165) is 22.4 Å². The molecule has 0 aromatic heterocycles. The quantitative estimate of drug-likeness (QED) is 0.287. The molecule has 4 rings (SSSR count). The summed E-state index contributed by atoms with van der Waals surface area (Å²) in [6.45, 7) is 0.500. The Morgan fingerprint density at radius 1 is 0.853 bits per heavy atom. The smallest absolute Gasteiger partial charge is 0.406 e. The minimum absolute atomic E-state index is 0.0678. The number of nitrogens with one attached hydrogen (secondary N) is 1. The van der Waals surface area contributed by atoms with Gasteiger partial charge in [0.1, 0.15) is 17.4 Å². The molecule has 1 heterocycles. The van der Waals surface area contributed by atoms with Crippen LogP contribution in [0.4, 0.5) is 22.0 Å². The summed E-state index contributed by atoms with van der Waals surface area (Å²) in [4.78, 5) is 0.742. The van der Waals surface area contributed by atoms with Gasteiger partial charge in [0.2, 0.25) is 0 Å². The van der Waals surface area contributed by atoms with Gasteiger partial charge >= 0.3 is 6.36 Å². The Labute approximate surface area is 198 Å². The molecule has 3 aromatic rings. The maximum Gasteiger partial charge on any atom is 0.573 e. The van der Waals surface area contributed by atoms with Gasteiger partial charge in [0.25, 0.3) is 0 Å². The minimum Gasteiger partial charge on any atom is -0.406 e. The molecule has 34 heavy (non-hydrogen) atoms. The van der Waals surface area contributed by atoms with Crippen LogP contribution < -0.4 is 9.46 Å². The number of benzene rings is 3. The average Bonchev–Trinajstić information content (AvgIpc) is 2.81. The van der Waals surface area contributed by atoms with E-state index in [0.29, 0.717) is 13.0 Å². The van der Waals surface area contributed by atoms with Crippen molar-refractivity contribution in [3.8, 4) is 5.75 Å². The van der Waals surface area contributed by atoms with Crippen LogP contribution in [0, 0.1) is 11.6 Å². The van der Waals surface area contributed by atoms with Crippen molar-refractivity contribution < 1.29 is 31.4 Å². The molecule has 2 atom stereocenters. The van der Waals surface area contributed by atoms with Gasteiger partial charge in [-0.05, 0) is 84.4 Å². The summed E-state index contributed by atoms with van der Waals surface area (Å²) in [5.74, 6) is -1.17. The summed E-state index contributed by atoms with van der Waals surface area (Å²) in [6, 6.07) is 18.1. The zero-order valence-corrected chi connectivity index (χ0v) is 18.7. The van der Waals surface area contributed by atoms with Crippen molar-refractivity contribution in [2.75, 3.05) is 6.61 Å². The molecular formula is C25H22F5NO2S. The van der Waals surface area contributed by atoms with Crippen LogP contribution in [0.2, 0.25) is 0 Å². The second-order valence-corrected chi connectivity index (χ2v) is 8.86. The molecule has 0 amide bonds.